The van der Waals surface area contributed by atoms with Crippen molar-refractivity contribution in [3.8, 4) is 11.5 Å². The van der Waals surface area contributed by atoms with Gasteiger partial charge in [-0.1, -0.05) is 0 Å². The molecule has 0 aliphatic carbocycles. The number of nitrogens with zero attached hydrogens (tertiary/aromatic N) is 2. The van der Waals surface area contributed by atoms with Crippen LogP contribution in [0.2, 0.25) is 0 Å². The number of nitro groups is 2. The molecule has 1 aromatic carbocycles. The maximum absolute atomic E-state index is 12.4. The molecule has 0 saturated heterocycles. The number of rotatable bonds is 7. The van der Waals surface area contributed by atoms with Gasteiger partial charge in [-0.3, -0.25) is 25.0 Å². The molecule has 0 saturated carbocycles. The molecule has 3 heterocycles. The summed E-state index contributed by atoms with van der Waals surface area (Å²) in [4.78, 5) is 38.5. The van der Waals surface area contributed by atoms with Crippen molar-refractivity contribution in [1.82, 2.24) is 9.97 Å². The van der Waals surface area contributed by atoms with Crippen LogP contribution in [-0.2, 0) is 4.65 Å². The number of H-pyrrole nitrogens is 2. The zero-order valence-corrected chi connectivity index (χ0v) is 14.9. The standard InChI is InChI=1S/C17H11BN4O8/c23-14(10-3-1-5-19-10)9-15(11-4-2-6-20-11)28-18-29-16-7-12(21(24)25)13(22(26)27)8-17(16)30-18/h1-9,19-20H/b15-9+. The van der Waals surface area contributed by atoms with Gasteiger partial charge in [0.05, 0.1) is 33.4 Å². The number of hydrogen-bond donors (Lipinski definition) is 2. The van der Waals surface area contributed by atoms with Crippen molar-refractivity contribution in [3.05, 3.63) is 86.5 Å². The number of carbonyl (C=O) groups excluding carboxylic acids is 1. The summed E-state index contributed by atoms with van der Waals surface area (Å²) in [5.74, 6) is -0.509. The number of aromatic amines is 2. The molecule has 0 radical (unpaired) electrons. The molecule has 4 rings (SSSR count). The first kappa shape index (κ1) is 18.8. The third-order valence-electron chi connectivity index (χ3n) is 4.09. The number of aromatic nitrogens is 2. The Morgan fingerprint density at radius 2 is 1.50 bits per heavy atom. The third-order valence-corrected chi connectivity index (χ3v) is 4.09. The summed E-state index contributed by atoms with van der Waals surface area (Å²) in [6.45, 7) is 0. The van der Waals surface area contributed by atoms with Crippen molar-refractivity contribution in [1.29, 1.82) is 0 Å². The van der Waals surface area contributed by atoms with Gasteiger partial charge in [0.2, 0.25) is 5.78 Å². The van der Waals surface area contributed by atoms with Crippen LogP contribution in [0, 0.1) is 20.2 Å². The maximum Gasteiger partial charge on any atom is 0.864 e. The Kier molecular flexibility index (Phi) is 4.68. The van der Waals surface area contributed by atoms with Crippen molar-refractivity contribution in [2.75, 3.05) is 0 Å². The number of nitro benzene ring substituents is 2. The molecule has 30 heavy (non-hydrogen) atoms. The second-order valence-corrected chi connectivity index (χ2v) is 5.98. The lowest BCUT2D eigenvalue weighted by Gasteiger charge is -2.10. The first-order valence-electron chi connectivity index (χ1n) is 8.42. The van der Waals surface area contributed by atoms with E-state index in [0.717, 1.165) is 12.1 Å². The van der Waals surface area contributed by atoms with Gasteiger partial charge in [0.1, 0.15) is 5.76 Å². The van der Waals surface area contributed by atoms with Crippen LogP contribution in [0.4, 0.5) is 11.4 Å². The second kappa shape index (κ2) is 7.46. The minimum Gasteiger partial charge on any atom is -0.488 e. The lowest BCUT2D eigenvalue weighted by atomic mass is 10.2. The number of hydrogen-bond acceptors (Lipinski definition) is 8. The number of benzene rings is 1. The summed E-state index contributed by atoms with van der Waals surface area (Å²) in [5.41, 5.74) is -0.726. The van der Waals surface area contributed by atoms with Crippen LogP contribution in [0.3, 0.4) is 0 Å². The number of allylic oxidation sites excluding steroid dienone is 1. The molecule has 0 bridgehead atoms. The Bertz CT molecular complexity index is 1110. The molecule has 13 heteroatoms. The molecule has 3 aromatic rings. The fraction of sp³-hybridized carbons (Fsp3) is 0. The Morgan fingerprint density at radius 1 is 0.967 bits per heavy atom. The molecule has 2 aromatic heterocycles. The summed E-state index contributed by atoms with van der Waals surface area (Å²) < 4.78 is 16.4. The van der Waals surface area contributed by atoms with E-state index in [9.17, 15) is 25.0 Å². The molecular formula is C17H11BN4O8. The quantitative estimate of drug-likeness (QED) is 0.150. The van der Waals surface area contributed by atoms with Crippen LogP contribution in [0.25, 0.3) is 5.76 Å². The van der Waals surface area contributed by atoms with Crippen LogP contribution in [0.15, 0.2) is 54.9 Å². The molecule has 0 amide bonds. The van der Waals surface area contributed by atoms with Crippen molar-refractivity contribution in [3.63, 3.8) is 0 Å². The van der Waals surface area contributed by atoms with Gasteiger partial charge in [-0.25, -0.2) is 0 Å². The lowest BCUT2D eigenvalue weighted by molar-refractivity contribution is -0.422. The smallest absolute Gasteiger partial charge is 0.488 e. The Hall–Kier alpha value is -4.55. The fourth-order valence-corrected chi connectivity index (χ4v) is 2.74. The molecule has 0 spiro atoms. The van der Waals surface area contributed by atoms with Gasteiger partial charge >= 0.3 is 18.7 Å². The zero-order chi connectivity index (χ0) is 21.3. The largest absolute Gasteiger partial charge is 0.864 e. The molecule has 0 unspecified atom stereocenters. The average Bonchev–Trinajstić information content (AvgIpc) is 3.47. The summed E-state index contributed by atoms with van der Waals surface area (Å²) >= 11 is 0. The van der Waals surface area contributed by atoms with E-state index < -0.39 is 28.5 Å². The van der Waals surface area contributed by atoms with Gasteiger partial charge in [0.25, 0.3) is 0 Å². The van der Waals surface area contributed by atoms with Crippen molar-refractivity contribution < 1.29 is 28.6 Å². The van der Waals surface area contributed by atoms with E-state index in [-0.39, 0.29) is 23.0 Å². The van der Waals surface area contributed by atoms with E-state index >= 15 is 0 Å². The van der Waals surface area contributed by atoms with Crippen molar-refractivity contribution >= 4 is 30.2 Å². The predicted molar refractivity (Wildman–Crippen MR) is 102 cm³/mol. The van der Waals surface area contributed by atoms with Crippen LogP contribution >= 0.6 is 0 Å². The Morgan fingerprint density at radius 3 is 1.97 bits per heavy atom. The minimum atomic E-state index is -1.42. The van der Waals surface area contributed by atoms with Gasteiger partial charge < -0.3 is 23.9 Å². The topological polar surface area (TPSA) is 163 Å². The van der Waals surface area contributed by atoms with E-state index in [4.69, 9.17) is 14.0 Å². The third kappa shape index (κ3) is 3.58. The van der Waals surface area contributed by atoms with Crippen LogP contribution in [-0.4, -0.2) is 32.9 Å². The summed E-state index contributed by atoms with van der Waals surface area (Å²) in [6.07, 6.45) is 4.41. The van der Waals surface area contributed by atoms with Crippen LogP contribution in [0.5, 0.6) is 11.5 Å². The van der Waals surface area contributed by atoms with Gasteiger partial charge in [0.15, 0.2) is 11.5 Å². The van der Waals surface area contributed by atoms with Crippen molar-refractivity contribution in [2.24, 2.45) is 0 Å². The van der Waals surface area contributed by atoms with E-state index in [2.05, 4.69) is 9.97 Å². The highest BCUT2D eigenvalue weighted by molar-refractivity contribution is 6.41. The summed E-state index contributed by atoms with van der Waals surface area (Å²) in [7, 11) is -1.42. The molecular weight excluding hydrogens is 399 g/mol. The number of carbonyl (C=O) groups is 1. The molecule has 0 atom stereocenters. The van der Waals surface area contributed by atoms with Gasteiger partial charge in [0, 0.05) is 18.5 Å². The summed E-state index contributed by atoms with van der Waals surface area (Å²) in [6, 6.07) is 8.35. The van der Waals surface area contributed by atoms with Gasteiger partial charge in [-0.05, 0) is 24.3 Å². The molecule has 150 valence electrons. The normalized spacial score (nSPS) is 12.7. The average molecular weight is 410 g/mol. The first-order valence-corrected chi connectivity index (χ1v) is 8.42. The second-order valence-electron chi connectivity index (χ2n) is 5.98. The summed E-state index contributed by atoms with van der Waals surface area (Å²) in [5, 5.41) is 22.2. The highest BCUT2D eigenvalue weighted by Crippen LogP contribution is 2.42. The number of fused-ring (bicyclic) bond motifs is 1. The lowest BCUT2D eigenvalue weighted by Crippen LogP contribution is -2.28. The van der Waals surface area contributed by atoms with E-state index in [1.807, 2.05) is 0 Å². The Balaban J connectivity index is 1.61. The van der Waals surface area contributed by atoms with Gasteiger partial charge in [-0.2, -0.15) is 0 Å². The molecule has 0 fully saturated rings. The number of nitrogens with one attached hydrogen (secondary N) is 2. The molecule has 2 N–H and O–H groups in total. The van der Waals surface area contributed by atoms with Crippen LogP contribution < -0.4 is 9.31 Å². The fourth-order valence-electron chi connectivity index (χ4n) is 2.74. The zero-order valence-electron chi connectivity index (χ0n) is 14.9. The monoisotopic (exact) mass is 410 g/mol. The SMILES string of the molecule is O=C(/C=C(/OB1Oc2cc([N+](=O)[O-])c([N+](=O)[O-])cc2O1)c1ccc[nH]1)c1ccc[nH]1. The van der Waals surface area contributed by atoms with Crippen LogP contribution in [0.1, 0.15) is 16.2 Å². The Labute approximate surface area is 167 Å². The highest BCUT2D eigenvalue weighted by Gasteiger charge is 2.42. The first-order chi connectivity index (χ1) is 14.4. The molecule has 1 aliphatic rings. The van der Waals surface area contributed by atoms with E-state index in [0.29, 0.717) is 11.4 Å². The maximum atomic E-state index is 12.4. The molecule has 1 aliphatic heterocycles. The van der Waals surface area contributed by atoms with E-state index in [1.54, 1.807) is 36.7 Å². The number of ketones is 1. The predicted octanol–water partition coefficient (Wildman–Crippen LogP) is 2.86. The van der Waals surface area contributed by atoms with E-state index in [1.165, 1.54) is 6.08 Å². The van der Waals surface area contributed by atoms with Gasteiger partial charge in [-0.15, -0.1) is 0 Å². The van der Waals surface area contributed by atoms with Crippen molar-refractivity contribution in [2.45, 2.75) is 0 Å². The minimum absolute atomic E-state index is 0.0707. The molecule has 12 nitrogen and oxygen atoms in total. The highest BCUT2D eigenvalue weighted by atomic mass is 16.8.